The van der Waals surface area contributed by atoms with E-state index in [1.807, 2.05) is 44.2 Å². The molecule has 0 spiro atoms. The summed E-state index contributed by atoms with van der Waals surface area (Å²) in [6, 6.07) is 13.2. The summed E-state index contributed by atoms with van der Waals surface area (Å²) in [6.07, 6.45) is 1.57. The number of nitrogens with zero attached hydrogens (tertiary/aromatic N) is 1. The molecular formula is C16H18N2O2. The molecule has 2 N–H and O–H groups in total. The third-order valence-corrected chi connectivity index (χ3v) is 2.78. The van der Waals surface area contributed by atoms with Crippen LogP contribution in [0.4, 0.5) is 5.69 Å². The first-order chi connectivity index (χ1) is 9.70. The van der Waals surface area contributed by atoms with E-state index >= 15 is 0 Å². The van der Waals surface area contributed by atoms with Gasteiger partial charge in [-0.2, -0.15) is 5.10 Å². The van der Waals surface area contributed by atoms with Gasteiger partial charge in [-0.3, -0.25) is 5.43 Å². The summed E-state index contributed by atoms with van der Waals surface area (Å²) in [5.74, 6) is 0.565. The number of ether oxygens (including phenoxy) is 1. The summed E-state index contributed by atoms with van der Waals surface area (Å²) in [6.45, 7) is 4.42. The summed E-state index contributed by atoms with van der Waals surface area (Å²) in [5, 5.41) is 14.1. The van der Waals surface area contributed by atoms with E-state index < -0.39 is 0 Å². The Morgan fingerprint density at radius 2 is 1.95 bits per heavy atom. The first-order valence-electron chi connectivity index (χ1n) is 6.51. The van der Waals surface area contributed by atoms with Gasteiger partial charge < -0.3 is 9.84 Å². The number of phenols is 1. The number of benzene rings is 2. The first kappa shape index (κ1) is 13.9. The van der Waals surface area contributed by atoms with Crippen LogP contribution in [0.5, 0.6) is 11.5 Å². The SMILES string of the molecule is CCOc1cccc(/C=N/Nc2ccc(C)cc2)c1O. The van der Waals surface area contributed by atoms with Gasteiger partial charge in [0.1, 0.15) is 0 Å². The molecule has 20 heavy (non-hydrogen) atoms. The molecule has 2 aromatic rings. The summed E-state index contributed by atoms with van der Waals surface area (Å²) in [7, 11) is 0. The van der Waals surface area contributed by atoms with Crippen LogP contribution in [0.25, 0.3) is 0 Å². The van der Waals surface area contributed by atoms with Crippen molar-refractivity contribution in [3.63, 3.8) is 0 Å². The molecule has 0 aliphatic heterocycles. The average Bonchev–Trinajstić information content (AvgIpc) is 2.45. The highest BCUT2D eigenvalue weighted by Crippen LogP contribution is 2.28. The molecule has 0 heterocycles. The second kappa shape index (κ2) is 6.61. The number of anilines is 1. The minimum atomic E-state index is 0.101. The molecule has 0 aromatic heterocycles. The van der Waals surface area contributed by atoms with Gasteiger partial charge >= 0.3 is 0 Å². The van der Waals surface area contributed by atoms with Crippen LogP contribution in [-0.4, -0.2) is 17.9 Å². The lowest BCUT2D eigenvalue weighted by molar-refractivity contribution is 0.318. The number of hydrogen-bond donors (Lipinski definition) is 2. The van der Waals surface area contributed by atoms with Crippen molar-refractivity contribution in [2.75, 3.05) is 12.0 Å². The summed E-state index contributed by atoms with van der Waals surface area (Å²) < 4.78 is 5.32. The first-order valence-corrected chi connectivity index (χ1v) is 6.51. The number of rotatable bonds is 5. The Balaban J connectivity index is 2.07. The third kappa shape index (κ3) is 3.51. The Labute approximate surface area is 118 Å². The molecule has 0 aliphatic carbocycles. The van der Waals surface area contributed by atoms with E-state index in [-0.39, 0.29) is 5.75 Å². The van der Waals surface area contributed by atoms with Crippen LogP contribution in [0.3, 0.4) is 0 Å². The second-order valence-electron chi connectivity index (χ2n) is 4.36. The lowest BCUT2D eigenvalue weighted by Crippen LogP contribution is -1.95. The molecule has 0 saturated heterocycles. The minimum absolute atomic E-state index is 0.101. The number of nitrogens with one attached hydrogen (secondary N) is 1. The predicted molar refractivity (Wildman–Crippen MR) is 81.7 cm³/mol. The highest BCUT2D eigenvalue weighted by molar-refractivity contribution is 5.85. The van der Waals surface area contributed by atoms with Crippen molar-refractivity contribution in [3.05, 3.63) is 53.6 Å². The number of hydrazone groups is 1. The van der Waals surface area contributed by atoms with Crippen molar-refractivity contribution in [2.24, 2.45) is 5.10 Å². The van der Waals surface area contributed by atoms with Crippen LogP contribution in [0, 0.1) is 6.92 Å². The quantitative estimate of drug-likeness (QED) is 0.645. The fraction of sp³-hybridized carbons (Fsp3) is 0.188. The molecular weight excluding hydrogens is 252 g/mol. The normalized spacial score (nSPS) is 10.7. The van der Waals surface area contributed by atoms with E-state index in [0.29, 0.717) is 17.9 Å². The summed E-state index contributed by atoms with van der Waals surface area (Å²) in [4.78, 5) is 0. The van der Waals surface area contributed by atoms with Crippen molar-refractivity contribution in [3.8, 4) is 11.5 Å². The molecule has 0 fully saturated rings. The lowest BCUT2D eigenvalue weighted by Gasteiger charge is -2.07. The van der Waals surface area contributed by atoms with Gasteiger partial charge in [0.05, 0.1) is 18.5 Å². The van der Waals surface area contributed by atoms with E-state index in [2.05, 4.69) is 10.5 Å². The van der Waals surface area contributed by atoms with Crippen LogP contribution >= 0.6 is 0 Å². The fourth-order valence-corrected chi connectivity index (χ4v) is 1.72. The maximum atomic E-state index is 10.0. The zero-order valence-corrected chi connectivity index (χ0v) is 11.6. The molecule has 2 aromatic carbocycles. The number of para-hydroxylation sites is 1. The Bertz CT molecular complexity index is 592. The van der Waals surface area contributed by atoms with Gasteiger partial charge in [0.2, 0.25) is 0 Å². The van der Waals surface area contributed by atoms with Gasteiger partial charge in [0.25, 0.3) is 0 Å². The molecule has 0 saturated carbocycles. The van der Waals surface area contributed by atoms with Crippen LogP contribution in [0.2, 0.25) is 0 Å². The van der Waals surface area contributed by atoms with E-state index in [1.54, 1.807) is 18.3 Å². The Hall–Kier alpha value is -2.49. The fourth-order valence-electron chi connectivity index (χ4n) is 1.72. The Kier molecular flexibility index (Phi) is 4.60. The van der Waals surface area contributed by atoms with Crippen LogP contribution in [0.15, 0.2) is 47.6 Å². The Morgan fingerprint density at radius 1 is 1.20 bits per heavy atom. The summed E-state index contributed by atoms with van der Waals surface area (Å²) >= 11 is 0. The van der Waals surface area contributed by atoms with Crippen LogP contribution in [-0.2, 0) is 0 Å². The topological polar surface area (TPSA) is 53.8 Å². The van der Waals surface area contributed by atoms with E-state index in [9.17, 15) is 5.11 Å². The van der Waals surface area contributed by atoms with Crippen molar-refractivity contribution in [2.45, 2.75) is 13.8 Å². The third-order valence-electron chi connectivity index (χ3n) is 2.78. The number of aromatic hydroxyl groups is 1. The molecule has 104 valence electrons. The minimum Gasteiger partial charge on any atom is -0.504 e. The monoisotopic (exact) mass is 270 g/mol. The highest BCUT2D eigenvalue weighted by Gasteiger charge is 2.05. The second-order valence-corrected chi connectivity index (χ2v) is 4.36. The van der Waals surface area contributed by atoms with Gasteiger partial charge in [-0.1, -0.05) is 23.8 Å². The van der Waals surface area contributed by atoms with Crippen LogP contribution in [0.1, 0.15) is 18.1 Å². The zero-order chi connectivity index (χ0) is 14.4. The molecule has 0 bridgehead atoms. The van der Waals surface area contributed by atoms with Crippen molar-refractivity contribution in [1.82, 2.24) is 0 Å². The van der Waals surface area contributed by atoms with Crippen LogP contribution < -0.4 is 10.2 Å². The molecule has 4 nitrogen and oxygen atoms in total. The van der Waals surface area contributed by atoms with Gasteiger partial charge in [-0.05, 0) is 38.1 Å². The van der Waals surface area contributed by atoms with Gasteiger partial charge in [-0.25, -0.2) is 0 Å². The molecule has 0 aliphatic rings. The number of aryl methyl sites for hydroxylation is 1. The van der Waals surface area contributed by atoms with E-state index in [1.165, 1.54) is 5.56 Å². The van der Waals surface area contributed by atoms with Crippen molar-refractivity contribution >= 4 is 11.9 Å². The smallest absolute Gasteiger partial charge is 0.166 e. The maximum absolute atomic E-state index is 10.0. The Morgan fingerprint density at radius 3 is 2.65 bits per heavy atom. The number of phenolic OH excluding ortho intramolecular Hbond substituents is 1. The van der Waals surface area contributed by atoms with Gasteiger partial charge in [0, 0.05) is 5.56 Å². The molecule has 0 unspecified atom stereocenters. The highest BCUT2D eigenvalue weighted by atomic mass is 16.5. The molecule has 4 heteroatoms. The zero-order valence-electron chi connectivity index (χ0n) is 11.6. The van der Waals surface area contributed by atoms with Crippen molar-refractivity contribution < 1.29 is 9.84 Å². The number of hydrogen-bond acceptors (Lipinski definition) is 4. The van der Waals surface area contributed by atoms with E-state index in [0.717, 1.165) is 5.69 Å². The van der Waals surface area contributed by atoms with Gasteiger partial charge in [0.15, 0.2) is 11.5 Å². The summed E-state index contributed by atoms with van der Waals surface area (Å²) in [5.41, 5.74) is 5.62. The average molecular weight is 270 g/mol. The standard InChI is InChI=1S/C16H18N2O2/c1-3-20-15-6-4-5-13(16(15)19)11-17-18-14-9-7-12(2)8-10-14/h4-11,18-19H,3H2,1-2H3/b17-11+. The molecule has 0 atom stereocenters. The molecule has 0 amide bonds. The molecule has 2 rings (SSSR count). The van der Waals surface area contributed by atoms with Crippen molar-refractivity contribution in [1.29, 1.82) is 0 Å². The van der Waals surface area contributed by atoms with E-state index in [4.69, 9.17) is 4.74 Å². The molecule has 0 radical (unpaired) electrons. The predicted octanol–water partition coefficient (Wildman–Crippen LogP) is 3.55. The largest absolute Gasteiger partial charge is 0.504 e. The van der Waals surface area contributed by atoms with Gasteiger partial charge in [-0.15, -0.1) is 0 Å². The lowest BCUT2D eigenvalue weighted by atomic mass is 10.2. The maximum Gasteiger partial charge on any atom is 0.166 e.